The second kappa shape index (κ2) is 2.88. The van der Waals surface area contributed by atoms with E-state index in [9.17, 15) is 0 Å². The molecule has 0 amide bonds. The quantitative estimate of drug-likeness (QED) is 0.691. The van der Waals surface area contributed by atoms with E-state index >= 15 is 0 Å². The Labute approximate surface area is 72.6 Å². The first-order valence-corrected chi connectivity index (χ1v) is 4.66. The van der Waals surface area contributed by atoms with Gasteiger partial charge in [-0.25, -0.2) is 4.98 Å². The fourth-order valence-corrected chi connectivity index (χ4v) is 2.05. The van der Waals surface area contributed by atoms with E-state index in [-0.39, 0.29) is 0 Å². The van der Waals surface area contributed by atoms with Gasteiger partial charge in [0.2, 0.25) is 0 Å². The van der Waals surface area contributed by atoms with Crippen LogP contribution in [0, 0.1) is 12.8 Å². The van der Waals surface area contributed by atoms with Gasteiger partial charge in [0.25, 0.3) is 0 Å². The third-order valence-corrected chi connectivity index (χ3v) is 2.81. The van der Waals surface area contributed by atoms with E-state index in [2.05, 4.69) is 22.1 Å². The minimum absolute atomic E-state index is 0.606. The molecule has 1 saturated carbocycles. The molecule has 2 unspecified atom stereocenters. The van der Waals surface area contributed by atoms with E-state index in [1.54, 1.807) is 0 Å². The molecule has 1 aromatic heterocycles. The first kappa shape index (κ1) is 7.77. The van der Waals surface area contributed by atoms with Crippen LogP contribution in [0.25, 0.3) is 0 Å². The highest BCUT2D eigenvalue weighted by molar-refractivity contribution is 5.01. The molecule has 3 heteroatoms. The number of hydrogen-bond acceptors (Lipinski definition) is 2. The van der Waals surface area contributed by atoms with Crippen LogP contribution in [0.4, 0.5) is 0 Å². The van der Waals surface area contributed by atoms with Gasteiger partial charge in [-0.2, -0.15) is 5.10 Å². The normalized spacial score (nSPS) is 29.5. The first-order valence-electron chi connectivity index (χ1n) is 4.66. The lowest BCUT2D eigenvalue weighted by Gasteiger charge is -2.09. The van der Waals surface area contributed by atoms with Crippen LogP contribution in [0.5, 0.6) is 0 Å². The smallest absolute Gasteiger partial charge is 0.154 e. The van der Waals surface area contributed by atoms with Gasteiger partial charge < -0.3 is 0 Å². The van der Waals surface area contributed by atoms with Crippen LogP contribution in [0.15, 0.2) is 0 Å². The highest BCUT2D eigenvalue weighted by Crippen LogP contribution is 2.37. The summed E-state index contributed by atoms with van der Waals surface area (Å²) in [6.07, 6.45) is 3.93. The summed E-state index contributed by atoms with van der Waals surface area (Å²) in [7, 11) is 0. The van der Waals surface area contributed by atoms with Gasteiger partial charge in [-0.15, -0.1) is 0 Å². The van der Waals surface area contributed by atoms with Crippen LogP contribution >= 0.6 is 0 Å². The van der Waals surface area contributed by atoms with Crippen LogP contribution in [0.2, 0.25) is 0 Å². The van der Waals surface area contributed by atoms with Crippen molar-refractivity contribution in [1.82, 2.24) is 15.2 Å². The Morgan fingerprint density at radius 2 is 2.25 bits per heavy atom. The monoisotopic (exact) mass is 165 g/mol. The van der Waals surface area contributed by atoms with Gasteiger partial charge in [-0.1, -0.05) is 13.3 Å². The molecule has 12 heavy (non-hydrogen) atoms. The summed E-state index contributed by atoms with van der Waals surface area (Å²) >= 11 is 0. The minimum atomic E-state index is 0.606. The molecule has 66 valence electrons. The molecule has 0 bridgehead atoms. The van der Waals surface area contributed by atoms with Gasteiger partial charge in [-0.05, 0) is 25.7 Å². The number of nitrogens with one attached hydrogen (secondary N) is 1. The van der Waals surface area contributed by atoms with Crippen LogP contribution in [0.1, 0.15) is 43.8 Å². The van der Waals surface area contributed by atoms with Crippen LogP contribution in [0.3, 0.4) is 0 Å². The number of aryl methyl sites for hydroxylation is 1. The molecule has 2 atom stereocenters. The maximum absolute atomic E-state index is 4.38. The summed E-state index contributed by atoms with van der Waals surface area (Å²) in [6, 6.07) is 0. The fraction of sp³-hybridized carbons (Fsp3) is 0.778. The molecule has 0 aliphatic heterocycles. The molecular formula is C9H15N3. The summed E-state index contributed by atoms with van der Waals surface area (Å²) in [5.41, 5.74) is 0. The third-order valence-electron chi connectivity index (χ3n) is 2.81. The fourth-order valence-electron chi connectivity index (χ4n) is 2.05. The molecule has 0 spiro atoms. The number of nitrogens with zero attached hydrogens (tertiary/aromatic N) is 2. The lowest BCUT2D eigenvalue weighted by atomic mass is 9.98. The largest absolute Gasteiger partial charge is 0.263 e. The van der Waals surface area contributed by atoms with Gasteiger partial charge in [0, 0.05) is 5.92 Å². The van der Waals surface area contributed by atoms with E-state index < -0.39 is 0 Å². The number of rotatable bonds is 1. The van der Waals surface area contributed by atoms with E-state index in [1.807, 2.05) is 6.92 Å². The van der Waals surface area contributed by atoms with E-state index in [0.29, 0.717) is 5.92 Å². The van der Waals surface area contributed by atoms with Gasteiger partial charge >= 0.3 is 0 Å². The van der Waals surface area contributed by atoms with Gasteiger partial charge in [0.1, 0.15) is 5.82 Å². The molecule has 2 rings (SSSR count). The summed E-state index contributed by atoms with van der Waals surface area (Å²) in [6.45, 7) is 4.25. The Kier molecular flexibility index (Phi) is 1.87. The van der Waals surface area contributed by atoms with Gasteiger partial charge in [-0.3, -0.25) is 5.10 Å². The Morgan fingerprint density at radius 3 is 2.75 bits per heavy atom. The first-order chi connectivity index (χ1) is 5.77. The maximum atomic E-state index is 4.38. The van der Waals surface area contributed by atoms with Crippen LogP contribution in [-0.2, 0) is 0 Å². The standard InChI is InChI=1S/C9H15N3/c1-6-4-3-5-8(6)9-10-7(2)11-12-9/h6,8H,3-5H2,1-2H3,(H,10,11,12). The topological polar surface area (TPSA) is 41.6 Å². The zero-order chi connectivity index (χ0) is 8.55. The van der Waals surface area contributed by atoms with E-state index in [4.69, 9.17) is 0 Å². The number of aromatic nitrogens is 3. The van der Waals surface area contributed by atoms with Crippen LogP contribution < -0.4 is 0 Å². The molecule has 1 N–H and O–H groups in total. The second-order valence-corrected chi connectivity index (χ2v) is 3.79. The van der Waals surface area contributed by atoms with Crippen molar-refractivity contribution >= 4 is 0 Å². The van der Waals surface area contributed by atoms with Crippen LogP contribution in [-0.4, -0.2) is 15.2 Å². The maximum Gasteiger partial charge on any atom is 0.154 e. The molecule has 1 fully saturated rings. The van der Waals surface area contributed by atoms with Crippen molar-refractivity contribution in [3.8, 4) is 0 Å². The second-order valence-electron chi connectivity index (χ2n) is 3.79. The van der Waals surface area contributed by atoms with Gasteiger partial charge in [0.05, 0.1) is 0 Å². The third kappa shape index (κ3) is 1.24. The minimum Gasteiger partial charge on any atom is -0.263 e. The van der Waals surface area contributed by atoms with Crippen molar-refractivity contribution in [2.45, 2.75) is 39.0 Å². The number of hydrogen-bond donors (Lipinski definition) is 1. The Morgan fingerprint density at radius 1 is 1.42 bits per heavy atom. The molecule has 1 aliphatic carbocycles. The molecular weight excluding hydrogens is 150 g/mol. The molecule has 0 radical (unpaired) electrons. The lowest BCUT2D eigenvalue weighted by Crippen LogP contribution is -2.03. The van der Waals surface area contributed by atoms with Crippen molar-refractivity contribution in [3.05, 3.63) is 11.6 Å². The zero-order valence-electron chi connectivity index (χ0n) is 7.67. The Hall–Kier alpha value is -0.860. The SMILES string of the molecule is Cc1nc(C2CCCC2C)n[nH]1. The highest BCUT2D eigenvalue weighted by Gasteiger charge is 2.27. The number of aromatic amines is 1. The molecule has 1 aromatic rings. The summed E-state index contributed by atoms with van der Waals surface area (Å²) < 4.78 is 0. The zero-order valence-corrected chi connectivity index (χ0v) is 7.67. The molecule has 0 aromatic carbocycles. The van der Waals surface area contributed by atoms with Crippen molar-refractivity contribution in [2.24, 2.45) is 5.92 Å². The molecule has 3 nitrogen and oxygen atoms in total. The summed E-state index contributed by atoms with van der Waals surface area (Å²) in [5, 5.41) is 7.12. The van der Waals surface area contributed by atoms with E-state index in [0.717, 1.165) is 17.6 Å². The highest BCUT2D eigenvalue weighted by atomic mass is 15.2. The predicted molar refractivity (Wildman–Crippen MR) is 46.9 cm³/mol. The molecule has 0 saturated heterocycles. The Balaban J connectivity index is 2.19. The van der Waals surface area contributed by atoms with Crippen molar-refractivity contribution in [2.75, 3.05) is 0 Å². The lowest BCUT2D eigenvalue weighted by molar-refractivity contribution is 0.511. The molecule has 1 heterocycles. The summed E-state index contributed by atoms with van der Waals surface area (Å²) in [4.78, 5) is 4.38. The summed E-state index contributed by atoms with van der Waals surface area (Å²) in [5.74, 6) is 3.33. The average Bonchev–Trinajstić information content (AvgIpc) is 2.58. The van der Waals surface area contributed by atoms with Gasteiger partial charge in [0.15, 0.2) is 5.82 Å². The van der Waals surface area contributed by atoms with E-state index in [1.165, 1.54) is 19.3 Å². The predicted octanol–water partition coefficient (Wildman–Crippen LogP) is 2.02. The Bertz CT molecular complexity index is 266. The van der Waals surface area contributed by atoms with Crippen molar-refractivity contribution < 1.29 is 0 Å². The van der Waals surface area contributed by atoms with Crippen molar-refractivity contribution in [1.29, 1.82) is 0 Å². The average molecular weight is 165 g/mol. The van der Waals surface area contributed by atoms with Crippen molar-refractivity contribution in [3.63, 3.8) is 0 Å². The molecule has 1 aliphatic rings. The number of H-pyrrole nitrogens is 1.